The molecule has 0 radical (unpaired) electrons. The molecule has 176 valence electrons. The number of hydrogen-bond donors (Lipinski definition) is 1. The molecular weight excluding hydrogens is 439 g/mol. The van der Waals surface area contributed by atoms with Crippen LogP contribution in [0.25, 0.3) is 0 Å². The van der Waals surface area contributed by atoms with Crippen molar-refractivity contribution in [1.82, 2.24) is 0 Å². The van der Waals surface area contributed by atoms with E-state index in [0.717, 1.165) is 0 Å². The molecule has 1 atom stereocenters. The highest BCUT2D eigenvalue weighted by molar-refractivity contribution is 7.86. The van der Waals surface area contributed by atoms with Crippen molar-refractivity contribution in [1.29, 1.82) is 0 Å². The summed E-state index contributed by atoms with van der Waals surface area (Å²) in [4.78, 5) is 4.30. The van der Waals surface area contributed by atoms with Gasteiger partial charge in [0.15, 0.2) is 0 Å². The molecule has 0 bridgehead atoms. The Kier molecular flexibility index (Phi) is 8.19. The lowest BCUT2D eigenvalue weighted by Gasteiger charge is -2.43. The summed E-state index contributed by atoms with van der Waals surface area (Å²) in [7, 11) is 6.84. The molecule has 4 heteroatoms. The first-order valence-corrected chi connectivity index (χ1v) is 14.6. The van der Waals surface area contributed by atoms with Crippen LogP contribution in [0.15, 0.2) is 78.9 Å². The van der Waals surface area contributed by atoms with E-state index in [0.29, 0.717) is 5.66 Å². The van der Waals surface area contributed by atoms with Crippen molar-refractivity contribution >= 4 is 36.6 Å². The first-order valence-electron chi connectivity index (χ1n) is 11.9. The van der Waals surface area contributed by atoms with Gasteiger partial charge in [0.2, 0.25) is 0 Å². The molecule has 0 aromatic heterocycles. The zero-order valence-electron chi connectivity index (χ0n) is 21.3. The van der Waals surface area contributed by atoms with Gasteiger partial charge < -0.3 is 9.80 Å². The molecule has 33 heavy (non-hydrogen) atoms. The molecule has 0 saturated carbocycles. The first kappa shape index (κ1) is 25.7. The number of hydrogen-bond acceptors (Lipinski definition) is 3. The summed E-state index contributed by atoms with van der Waals surface area (Å²) in [5.74, 6) is 0. The van der Waals surface area contributed by atoms with Crippen molar-refractivity contribution in [3.8, 4) is 0 Å². The van der Waals surface area contributed by atoms with Gasteiger partial charge in [-0.05, 0) is 68.3 Å². The van der Waals surface area contributed by atoms with E-state index in [-0.39, 0.29) is 0 Å². The average Bonchev–Trinajstić information content (AvgIpc) is 2.85. The maximum atomic E-state index is 5.62. The summed E-state index contributed by atoms with van der Waals surface area (Å²) in [6.07, 6.45) is 2.34. The Balaban J connectivity index is 2.23. The molecule has 0 N–H and O–H groups in total. The molecule has 0 aliphatic carbocycles. The van der Waals surface area contributed by atoms with Gasteiger partial charge >= 0.3 is 0 Å². The maximum absolute atomic E-state index is 5.62. The van der Waals surface area contributed by atoms with E-state index >= 15 is 0 Å². The molecule has 0 heterocycles. The molecule has 3 rings (SSSR count). The van der Waals surface area contributed by atoms with Crippen LogP contribution in [0.3, 0.4) is 0 Å². The van der Waals surface area contributed by atoms with Crippen LogP contribution in [0.2, 0.25) is 0 Å². The lowest BCUT2D eigenvalue weighted by atomic mass is 9.87. The second kappa shape index (κ2) is 10.5. The van der Waals surface area contributed by atoms with Crippen LogP contribution >= 0.6 is 19.9 Å². The number of thiol groups is 1. The van der Waals surface area contributed by atoms with Gasteiger partial charge in [-0.3, -0.25) is 0 Å². The highest BCUT2D eigenvalue weighted by Crippen LogP contribution is 2.67. The monoisotopic (exact) mass is 479 g/mol. The van der Waals surface area contributed by atoms with Gasteiger partial charge in [-0.25, -0.2) is 0 Å². The fourth-order valence-corrected chi connectivity index (χ4v) is 10.6. The van der Waals surface area contributed by atoms with Crippen molar-refractivity contribution < 1.29 is 0 Å². The van der Waals surface area contributed by atoms with E-state index in [1.807, 2.05) is 0 Å². The predicted octanol–water partition coefficient (Wildman–Crippen LogP) is 6.76. The van der Waals surface area contributed by atoms with Crippen molar-refractivity contribution in [2.24, 2.45) is 0 Å². The van der Waals surface area contributed by atoms with Gasteiger partial charge in [-0.2, -0.15) is 12.6 Å². The zero-order chi connectivity index (χ0) is 24.2. The molecule has 0 spiro atoms. The largest absolute Gasteiger partial charge is 0.378 e. The van der Waals surface area contributed by atoms with Crippen LogP contribution < -0.4 is 15.1 Å². The van der Waals surface area contributed by atoms with Crippen molar-refractivity contribution in [3.05, 3.63) is 90.0 Å². The standard InChI is InChI=1S/C29H39N2PS/c1-8-32(9-2,28-13-11-10-12-14-28)23(3)29(33,24-15-19-26(20-16-24)30(4)5)25-17-21-27(22-18-25)31(6)7/h10-23H,8-9H2,1-7H3/p+1/t23-/m1/s1. The van der Waals surface area contributed by atoms with Gasteiger partial charge in [0.1, 0.15) is 0 Å². The number of nitrogens with zero attached hydrogens (tertiary/aromatic N) is 2. The van der Waals surface area contributed by atoms with Crippen molar-refractivity contribution in [2.75, 3.05) is 50.3 Å². The summed E-state index contributed by atoms with van der Waals surface area (Å²) < 4.78 is -0.397. The van der Waals surface area contributed by atoms with E-state index in [4.69, 9.17) is 12.6 Å². The highest BCUT2D eigenvalue weighted by atomic mass is 32.1. The molecule has 0 fully saturated rings. The number of anilines is 2. The third-order valence-electron chi connectivity index (χ3n) is 7.39. The Morgan fingerprint density at radius 1 is 0.697 bits per heavy atom. The fourth-order valence-electron chi connectivity index (χ4n) is 5.12. The van der Waals surface area contributed by atoms with Crippen molar-refractivity contribution in [3.63, 3.8) is 0 Å². The Hall–Kier alpha value is -1.96. The number of benzene rings is 3. The first-order chi connectivity index (χ1) is 15.7. The normalized spacial score (nSPS) is 13.0. The van der Waals surface area contributed by atoms with Gasteiger partial charge in [-0.15, -0.1) is 0 Å². The Morgan fingerprint density at radius 3 is 1.42 bits per heavy atom. The third-order valence-corrected chi connectivity index (χ3v) is 14.0. The average molecular weight is 480 g/mol. The smallest absolute Gasteiger partial charge is 0.0992 e. The van der Waals surface area contributed by atoms with Crippen LogP contribution in [-0.2, 0) is 4.75 Å². The zero-order valence-corrected chi connectivity index (χ0v) is 23.1. The SMILES string of the molecule is CC[P+](CC)(c1ccccc1)[C@H](C)C(S)(c1ccc(N(C)C)cc1)c1ccc(N(C)C)cc1. The van der Waals surface area contributed by atoms with Gasteiger partial charge in [0.05, 0.1) is 35.3 Å². The molecular formula is C29H40N2PS+. The second-order valence-electron chi connectivity index (χ2n) is 9.33. The molecule has 2 nitrogen and oxygen atoms in total. The lowest BCUT2D eigenvalue weighted by Crippen LogP contribution is -2.40. The quantitative estimate of drug-likeness (QED) is 0.267. The van der Waals surface area contributed by atoms with E-state index in [2.05, 4.69) is 138 Å². The Morgan fingerprint density at radius 2 is 1.09 bits per heavy atom. The summed E-state index contributed by atoms with van der Waals surface area (Å²) in [5.41, 5.74) is 5.31. The van der Waals surface area contributed by atoms with Crippen LogP contribution in [0.4, 0.5) is 11.4 Å². The van der Waals surface area contributed by atoms with Crippen molar-refractivity contribution in [2.45, 2.75) is 31.2 Å². The molecule has 0 unspecified atom stereocenters. The van der Waals surface area contributed by atoms with Gasteiger partial charge in [-0.1, -0.05) is 42.5 Å². The summed E-state index contributed by atoms with van der Waals surface area (Å²) in [6, 6.07) is 29.2. The van der Waals surface area contributed by atoms with Crippen LogP contribution in [0.1, 0.15) is 31.9 Å². The minimum atomic E-state index is -1.51. The van der Waals surface area contributed by atoms with E-state index in [1.165, 1.54) is 40.1 Å². The van der Waals surface area contributed by atoms with Crippen LogP contribution in [0.5, 0.6) is 0 Å². The highest BCUT2D eigenvalue weighted by Gasteiger charge is 2.53. The third kappa shape index (κ3) is 4.81. The van der Waals surface area contributed by atoms with E-state index in [9.17, 15) is 0 Å². The summed E-state index contributed by atoms with van der Waals surface area (Å²) in [6.45, 7) is 7.19. The van der Waals surface area contributed by atoms with Gasteiger partial charge in [0, 0.05) is 39.6 Å². The molecule has 0 saturated heterocycles. The van der Waals surface area contributed by atoms with Crippen LogP contribution in [-0.4, -0.2) is 46.2 Å². The second-order valence-corrected chi connectivity index (χ2v) is 14.7. The molecule has 3 aromatic carbocycles. The molecule has 0 amide bonds. The topological polar surface area (TPSA) is 6.48 Å². The maximum Gasteiger partial charge on any atom is 0.0992 e. The minimum absolute atomic E-state index is 0.362. The molecule has 3 aromatic rings. The lowest BCUT2D eigenvalue weighted by molar-refractivity contribution is 0.718. The summed E-state index contributed by atoms with van der Waals surface area (Å²) in [5, 5.41) is 1.51. The molecule has 0 aliphatic rings. The Labute approximate surface area is 207 Å². The van der Waals surface area contributed by atoms with Gasteiger partial charge in [0.25, 0.3) is 0 Å². The fraction of sp³-hybridized carbons (Fsp3) is 0.379. The Bertz CT molecular complexity index is 958. The predicted molar refractivity (Wildman–Crippen MR) is 155 cm³/mol. The minimum Gasteiger partial charge on any atom is -0.378 e. The number of rotatable bonds is 9. The van der Waals surface area contributed by atoms with E-state index < -0.39 is 12.0 Å². The molecule has 0 aliphatic heterocycles. The van der Waals surface area contributed by atoms with Crippen LogP contribution in [0, 0.1) is 0 Å². The summed E-state index contributed by atoms with van der Waals surface area (Å²) >= 11 is 5.62. The van der Waals surface area contributed by atoms with E-state index in [1.54, 1.807) is 0 Å².